The number of nitrogens with two attached hydrogens (primary N) is 1. The van der Waals surface area contributed by atoms with Gasteiger partial charge in [-0.3, -0.25) is 15.6 Å². The van der Waals surface area contributed by atoms with Crippen LogP contribution in [0.25, 0.3) is 10.8 Å². The molecule has 0 spiro atoms. The molecule has 2 rings (SSSR count). The number of nitrogens with one attached hydrogen (secondary N) is 3. The van der Waals surface area contributed by atoms with Gasteiger partial charge in [0.1, 0.15) is 5.82 Å². The predicted octanol–water partition coefficient (Wildman–Crippen LogP) is 3.58. The van der Waals surface area contributed by atoms with E-state index in [0.717, 1.165) is 23.4 Å². The standard InChI is InChI=1S/C22H28ClN7O2.2C2H6/c1-4-30(5-2)13-16(31)12-28-22(32)21(26)29(3)19(24)9-8-17-18-10-15(23)7-6-14(18)11-27-20(17)25;2*1-2/h6-7,10-11,16,24,26,31H,4-5,12-13H2,1-3H3,(H2,25,27)(H,28,32);2*1-2H3. The first-order valence-corrected chi connectivity index (χ1v) is 12.5. The number of amidine groups is 2. The Bertz CT molecular complexity index is 1070. The van der Waals surface area contributed by atoms with Crippen molar-refractivity contribution < 1.29 is 9.90 Å². The fourth-order valence-corrected chi connectivity index (χ4v) is 3.11. The predicted molar refractivity (Wildman–Crippen MR) is 151 cm³/mol. The van der Waals surface area contributed by atoms with Gasteiger partial charge in [0.15, 0.2) is 11.7 Å². The summed E-state index contributed by atoms with van der Waals surface area (Å²) in [4.78, 5) is 19.4. The minimum absolute atomic E-state index is 0.00350. The maximum Gasteiger partial charge on any atom is 0.286 e. The lowest BCUT2D eigenvalue weighted by atomic mass is 10.1. The van der Waals surface area contributed by atoms with Gasteiger partial charge >= 0.3 is 0 Å². The maximum atomic E-state index is 12.3. The Morgan fingerprint density at radius 2 is 1.83 bits per heavy atom. The number of hydrogen-bond acceptors (Lipinski definition) is 7. The Balaban J connectivity index is 0.00000291. The first-order chi connectivity index (χ1) is 17.2. The van der Waals surface area contributed by atoms with Crippen molar-refractivity contribution in [3.05, 3.63) is 35.0 Å². The molecule has 10 heteroatoms. The van der Waals surface area contributed by atoms with Crippen LogP contribution >= 0.6 is 11.6 Å². The lowest BCUT2D eigenvalue weighted by Crippen LogP contribution is -2.46. The molecule has 0 bridgehead atoms. The second-order valence-corrected chi connectivity index (χ2v) is 7.54. The lowest BCUT2D eigenvalue weighted by Gasteiger charge is -2.22. The number of carbonyl (C=O) groups excluding carboxylic acids is 1. The smallest absolute Gasteiger partial charge is 0.286 e. The van der Waals surface area contributed by atoms with Crippen molar-refractivity contribution in [2.45, 2.75) is 47.6 Å². The molecule has 0 saturated heterocycles. The van der Waals surface area contributed by atoms with Gasteiger partial charge in [0.25, 0.3) is 5.91 Å². The number of halogens is 1. The summed E-state index contributed by atoms with van der Waals surface area (Å²) in [6.07, 6.45) is 0.850. The van der Waals surface area contributed by atoms with Crippen LogP contribution in [-0.4, -0.2) is 76.8 Å². The molecule has 36 heavy (non-hydrogen) atoms. The van der Waals surface area contributed by atoms with Crippen molar-refractivity contribution >= 4 is 45.8 Å². The van der Waals surface area contributed by atoms with Crippen molar-refractivity contribution in [3.63, 3.8) is 0 Å². The normalized spacial score (nSPS) is 10.6. The fourth-order valence-electron chi connectivity index (χ4n) is 2.94. The first kappa shape index (κ1) is 32.8. The number of amides is 1. The van der Waals surface area contributed by atoms with Gasteiger partial charge in [0.05, 0.1) is 11.7 Å². The Hall–Kier alpha value is -3.19. The molecule has 198 valence electrons. The Morgan fingerprint density at radius 3 is 2.42 bits per heavy atom. The quantitative estimate of drug-likeness (QED) is 0.225. The van der Waals surface area contributed by atoms with Crippen molar-refractivity contribution in [1.82, 2.24) is 20.1 Å². The molecular formula is C26H40ClN7O2. The minimum atomic E-state index is -0.759. The number of rotatable bonds is 6. The Morgan fingerprint density at radius 1 is 1.22 bits per heavy atom. The number of pyridine rings is 1. The summed E-state index contributed by atoms with van der Waals surface area (Å²) in [7, 11) is 1.40. The summed E-state index contributed by atoms with van der Waals surface area (Å²) in [5.41, 5.74) is 6.37. The average molecular weight is 518 g/mol. The van der Waals surface area contributed by atoms with Crippen LogP contribution in [0.1, 0.15) is 47.1 Å². The van der Waals surface area contributed by atoms with Crippen molar-refractivity contribution in [1.29, 1.82) is 10.8 Å². The van der Waals surface area contributed by atoms with Gasteiger partial charge in [0, 0.05) is 42.1 Å². The van der Waals surface area contributed by atoms with Gasteiger partial charge in [-0.2, -0.15) is 0 Å². The lowest BCUT2D eigenvalue weighted by molar-refractivity contribution is -0.115. The van der Waals surface area contributed by atoms with E-state index in [1.165, 1.54) is 7.05 Å². The third-order valence-electron chi connectivity index (χ3n) is 4.94. The van der Waals surface area contributed by atoms with E-state index in [9.17, 15) is 9.90 Å². The molecule has 1 aromatic heterocycles. The molecule has 0 saturated carbocycles. The monoisotopic (exact) mass is 517 g/mol. The molecule has 2 aromatic rings. The van der Waals surface area contributed by atoms with Crippen LogP contribution in [0.3, 0.4) is 0 Å². The summed E-state index contributed by atoms with van der Waals surface area (Å²) < 4.78 is 0. The van der Waals surface area contributed by atoms with Gasteiger partial charge in [-0.15, -0.1) is 0 Å². The third kappa shape index (κ3) is 9.82. The van der Waals surface area contributed by atoms with Gasteiger partial charge in [0.2, 0.25) is 0 Å². The highest BCUT2D eigenvalue weighted by molar-refractivity contribution is 6.39. The van der Waals surface area contributed by atoms with Crippen LogP contribution in [0.15, 0.2) is 24.4 Å². The zero-order valence-electron chi connectivity index (χ0n) is 22.4. The highest BCUT2D eigenvalue weighted by Crippen LogP contribution is 2.24. The van der Waals surface area contributed by atoms with E-state index >= 15 is 0 Å². The summed E-state index contributed by atoms with van der Waals surface area (Å²) in [6.45, 7) is 14.0. The number of nitrogen functional groups attached to an aromatic ring is 1. The summed E-state index contributed by atoms with van der Waals surface area (Å²) in [5.74, 6) is 4.16. The maximum absolute atomic E-state index is 12.3. The fraction of sp³-hybridized carbons (Fsp3) is 0.462. The second kappa shape index (κ2) is 17.3. The highest BCUT2D eigenvalue weighted by atomic mass is 35.5. The van der Waals surface area contributed by atoms with Crippen molar-refractivity contribution in [2.24, 2.45) is 0 Å². The molecule has 1 aromatic carbocycles. The molecule has 1 atom stereocenters. The van der Waals surface area contributed by atoms with Crippen molar-refractivity contribution in [3.8, 4) is 11.8 Å². The van der Waals surface area contributed by atoms with E-state index in [0.29, 0.717) is 22.5 Å². The van der Waals surface area contributed by atoms with Crippen LogP contribution in [0.4, 0.5) is 5.82 Å². The van der Waals surface area contributed by atoms with Gasteiger partial charge in [-0.1, -0.05) is 65.1 Å². The van der Waals surface area contributed by atoms with Crippen LogP contribution in [0, 0.1) is 22.7 Å². The van der Waals surface area contributed by atoms with E-state index in [1.807, 2.05) is 46.4 Å². The number of aliphatic hydroxyl groups is 1. The van der Waals surface area contributed by atoms with E-state index in [1.54, 1.807) is 24.4 Å². The summed E-state index contributed by atoms with van der Waals surface area (Å²) in [5, 5.41) is 30.8. The number of aromatic nitrogens is 1. The molecule has 1 unspecified atom stereocenters. The van der Waals surface area contributed by atoms with E-state index in [2.05, 4.69) is 22.1 Å². The number of anilines is 1. The molecular weight excluding hydrogens is 478 g/mol. The SMILES string of the molecule is CC.CC.CCN(CC)CC(O)CNC(=O)C(=N)N(C)C(=N)C#Cc1c(N)ncc2ccc(Cl)cc12. The third-order valence-corrected chi connectivity index (χ3v) is 5.17. The molecule has 1 heterocycles. The summed E-state index contributed by atoms with van der Waals surface area (Å²) >= 11 is 6.08. The number of likely N-dealkylation sites (N-methyl/N-ethyl adjacent to an activating group) is 2. The average Bonchev–Trinajstić information content (AvgIpc) is 2.90. The van der Waals surface area contributed by atoms with Gasteiger partial charge < -0.3 is 26.0 Å². The molecule has 6 N–H and O–H groups in total. The number of hydrogen-bond donors (Lipinski definition) is 5. The Labute approximate surface area is 220 Å². The molecule has 0 aliphatic heterocycles. The molecule has 0 aliphatic rings. The first-order valence-electron chi connectivity index (χ1n) is 12.1. The number of carbonyl (C=O) groups is 1. The van der Waals surface area contributed by atoms with Gasteiger partial charge in [-0.25, -0.2) is 4.98 Å². The molecule has 0 aliphatic carbocycles. The van der Waals surface area contributed by atoms with E-state index in [-0.39, 0.29) is 18.2 Å². The number of nitrogens with zero attached hydrogens (tertiary/aromatic N) is 3. The largest absolute Gasteiger partial charge is 0.390 e. The second-order valence-electron chi connectivity index (χ2n) is 7.11. The summed E-state index contributed by atoms with van der Waals surface area (Å²) in [6, 6.07) is 5.24. The number of aliphatic hydroxyl groups excluding tert-OH is 1. The topological polar surface area (TPSA) is 142 Å². The molecule has 1 amide bonds. The van der Waals surface area contributed by atoms with Crippen LogP contribution in [0.5, 0.6) is 0 Å². The number of benzene rings is 1. The number of fused-ring (bicyclic) bond motifs is 1. The zero-order chi connectivity index (χ0) is 27.8. The van der Waals surface area contributed by atoms with Gasteiger partial charge in [-0.05, 0) is 31.1 Å². The highest BCUT2D eigenvalue weighted by Gasteiger charge is 2.18. The van der Waals surface area contributed by atoms with Crippen LogP contribution in [-0.2, 0) is 4.79 Å². The minimum Gasteiger partial charge on any atom is -0.390 e. The van der Waals surface area contributed by atoms with E-state index < -0.39 is 17.8 Å². The van der Waals surface area contributed by atoms with Crippen molar-refractivity contribution in [2.75, 3.05) is 39.0 Å². The zero-order valence-corrected chi connectivity index (χ0v) is 23.1. The Kier molecular flexibility index (Phi) is 15.7. The molecule has 9 nitrogen and oxygen atoms in total. The molecule has 0 radical (unpaired) electrons. The molecule has 0 fully saturated rings. The van der Waals surface area contributed by atoms with Crippen LogP contribution < -0.4 is 11.1 Å². The van der Waals surface area contributed by atoms with Crippen LogP contribution in [0.2, 0.25) is 5.02 Å². The van der Waals surface area contributed by atoms with E-state index in [4.69, 9.17) is 28.2 Å².